The maximum Gasteiger partial charge on any atom is 0.207 e. The summed E-state index contributed by atoms with van der Waals surface area (Å²) < 4.78 is 4.19. The highest BCUT2D eigenvalue weighted by atomic mass is 32.1. The molecule has 106 valence electrons. The van der Waals surface area contributed by atoms with Crippen molar-refractivity contribution >= 4 is 33.8 Å². The van der Waals surface area contributed by atoms with Gasteiger partial charge in [-0.05, 0) is 30.6 Å². The monoisotopic (exact) mass is 299 g/mol. The van der Waals surface area contributed by atoms with E-state index in [0.717, 1.165) is 5.69 Å². The Morgan fingerprint density at radius 2 is 2.10 bits per heavy atom. The molecule has 21 heavy (non-hydrogen) atoms. The Labute approximate surface area is 125 Å². The Kier molecular flexibility index (Phi) is 2.55. The number of carbonyl (C=O) groups is 1. The van der Waals surface area contributed by atoms with Gasteiger partial charge in [0.05, 0.1) is 11.3 Å². The number of aliphatic hydroxyl groups is 1. The molecule has 1 atom stereocenters. The van der Waals surface area contributed by atoms with Crippen LogP contribution in [-0.2, 0) is 0 Å². The van der Waals surface area contributed by atoms with Crippen LogP contribution in [0, 0.1) is 6.92 Å². The van der Waals surface area contributed by atoms with Gasteiger partial charge in [0.15, 0.2) is 11.4 Å². The fourth-order valence-electron chi connectivity index (χ4n) is 2.94. The van der Waals surface area contributed by atoms with Crippen LogP contribution in [-0.4, -0.2) is 33.2 Å². The third-order valence-electron chi connectivity index (χ3n) is 4.05. The number of fused-ring (bicyclic) bond motifs is 2. The molecule has 1 aromatic carbocycles. The minimum absolute atomic E-state index is 0.271. The van der Waals surface area contributed by atoms with Crippen LogP contribution in [0.5, 0.6) is 0 Å². The smallest absolute Gasteiger partial charge is 0.207 e. The molecule has 2 aliphatic rings. The maximum atomic E-state index is 12.7. The summed E-state index contributed by atoms with van der Waals surface area (Å²) in [6, 6.07) is 9.70. The highest BCUT2D eigenvalue weighted by Gasteiger charge is 2.53. The lowest BCUT2D eigenvalue weighted by atomic mass is 9.89. The van der Waals surface area contributed by atoms with E-state index in [9.17, 15) is 9.90 Å². The Morgan fingerprint density at radius 3 is 2.86 bits per heavy atom. The molecule has 1 unspecified atom stereocenters. The van der Waals surface area contributed by atoms with Gasteiger partial charge in [-0.25, -0.2) is 4.99 Å². The van der Waals surface area contributed by atoms with Gasteiger partial charge in [0.1, 0.15) is 5.00 Å². The Bertz CT molecular complexity index is 768. The highest BCUT2D eigenvalue weighted by Crippen LogP contribution is 2.42. The molecule has 1 aromatic heterocycles. The number of carbonyl (C=O) groups excluding carboxylic acids is 1. The van der Waals surface area contributed by atoms with E-state index >= 15 is 0 Å². The van der Waals surface area contributed by atoms with Crippen molar-refractivity contribution in [1.82, 2.24) is 4.37 Å². The highest BCUT2D eigenvalue weighted by molar-refractivity contribution is 7.10. The van der Waals surface area contributed by atoms with Crippen LogP contribution >= 0.6 is 11.5 Å². The van der Waals surface area contributed by atoms with Crippen molar-refractivity contribution in [1.29, 1.82) is 0 Å². The zero-order chi connectivity index (χ0) is 14.6. The second kappa shape index (κ2) is 4.22. The Morgan fingerprint density at radius 1 is 1.33 bits per heavy atom. The van der Waals surface area contributed by atoms with Crippen molar-refractivity contribution in [3.63, 3.8) is 0 Å². The first-order valence-electron chi connectivity index (χ1n) is 6.76. The van der Waals surface area contributed by atoms with E-state index in [4.69, 9.17) is 0 Å². The molecule has 6 heteroatoms. The quantitative estimate of drug-likeness (QED) is 0.877. The van der Waals surface area contributed by atoms with E-state index in [1.165, 1.54) is 11.5 Å². The molecule has 1 fully saturated rings. The van der Waals surface area contributed by atoms with Crippen molar-refractivity contribution in [2.24, 2.45) is 4.99 Å². The second-order valence-corrected chi connectivity index (χ2v) is 6.06. The van der Waals surface area contributed by atoms with E-state index < -0.39 is 5.60 Å². The lowest BCUT2D eigenvalue weighted by Crippen LogP contribution is -2.48. The molecule has 0 amide bonds. The number of amidine groups is 1. The Hall–Kier alpha value is -2.05. The van der Waals surface area contributed by atoms with Gasteiger partial charge in [-0.1, -0.05) is 18.2 Å². The van der Waals surface area contributed by atoms with Crippen molar-refractivity contribution in [2.75, 3.05) is 11.4 Å². The largest absolute Gasteiger partial charge is 0.374 e. The molecule has 2 aliphatic heterocycles. The number of benzene rings is 1. The zero-order valence-corrected chi connectivity index (χ0v) is 12.2. The number of hydrogen-bond acceptors (Lipinski definition) is 6. The van der Waals surface area contributed by atoms with Crippen LogP contribution in [0.2, 0.25) is 0 Å². The molecule has 1 N–H and O–H groups in total. The van der Waals surface area contributed by atoms with Crippen LogP contribution < -0.4 is 4.90 Å². The average Bonchev–Trinajstić information content (AvgIpc) is 3.03. The number of aryl methyl sites for hydroxylation is 1. The molecule has 0 saturated carbocycles. The summed E-state index contributed by atoms with van der Waals surface area (Å²) in [6.07, 6.45) is 0.355. The Balaban J connectivity index is 1.88. The van der Waals surface area contributed by atoms with Crippen molar-refractivity contribution in [3.05, 3.63) is 41.6 Å². The summed E-state index contributed by atoms with van der Waals surface area (Å²) in [5, 5.41) is 11.5. The second-order valence-electron chi connectivity index (χ2n) is 5.31. The molecular formula is C15H13N3O2S. The van der Waals surface area contributed by atoms with Gasteiger partial charge in [0.2, 0.25) is 5.78 Å². The minimum atomic E-state index is -1.52. The molecule has 3 heterocycles. The molecule has 0 spiro atoms. The number of rotatable bonds is 1. The molecule has 1 saturated heterocycles. The number of para-hydroxylation sites is 1. The molecule has 5 nitrogen and oxygen atoms in total. The fourth-order valence-corrected chi connectivity index (χ4v) is 3.71. The fraction of sp³-hybridized carbons (Fsp3) is 0.267. The van der Waals surface area contributed by atoms with E-state index in [1.807, 2.05) is 35.2 Å². The summed E-state index contributed by atoms with van der Waals surface area (Å²) in [5.41, 5.74) is 0.538. The summed E-state index contributed by atoms with van der Waals surface area (Å²) in [6.45, 7) is 2.35. The first-order chi connectivity index (χ1) is 10.1. The van der Waals surface area contributed by atoms with Gasteiger partial charge in [0.25, 0.3) is 0 Å². The van der Waals surface area contributed by atoms with Gasteiger partial charge in [-0.15, -0.1) is 0 Å². The van der Waals surface area contributed by atoms with Gasteiger partial charge >= 0.3 is 0 Å². The molecule has 0 radical (unpaired) electrons. The number of hydrogen-bond donors (Lipinski definition) is 1. The number of aromatic nitrogens is 1. The van der Waals surface area contributed by atoms with Gasteiger partial charge in [0, 0.05) is 18.7 Å². The average molecular weight is 299 g/mol. The predicted molar refractivity (Wildman–Crippen MR) is 81.6 cm³/mol. The molecular weight excluding hydrogens is 286 g/mol. The SMILES string of the molecule is Cc1nsc2c1C(=O)C1(O)CCN(c3ccccc3)C1=N2. The standard InChI is InChI=1S/C15H13N3O2S/c1-9-11-12(19)15(20)7-8-18(10-5-3-2-4-6-10)14(15)16-13(11)21-17-9/h2-6,20H,7-8H2,1H3. The van der Waals surface area contributed by atoms with Crippen molar-refractivity contribution in [2.45, 2.75) is 18.9 Å². The predicted octanol–water partition coefficient (Wildman–Crippen LogP) is 2.32. The molecule has 2 aromatic rings. The van der Waals surface area contributed by atoms with Crippen LogP contribution in [0.15, 0.2) is 35.3 Å². The van der Waals surface area contributed by atoms with Crippen LogP contribution in [0.1, 0.15) is 22.5 Å². The maximum absolute atomic E-state index is 12.7. The molecule has 0 bridgehead atoms. The van der Waals surface area contributed by atoms with Gasteiger partial charge in [-0.2, -0.15) is 4.37 Å². The van der Waals surface area contributed by atoms with Crippen LogP contribution in [0.4, 0.5) is 10.7 Å². The number of ketones is 1. The number of aliphatic imine (C=N–C) groups is 1. The first-order valence-corrected chi connectivity index (χ1v) is 7.54. The van der Waals surface area contributed by atoms with E-state index in [-0.39, 0.29) is 5.78 Å². The van der Waals surface area contributed by atoms with E-state index in [1.54, 1.807) is 6.92 Å². The van der Waals surface area contributed by atoms with E-state index in [2.05, 4.69) is 9.37 Å². The van der Waals surface area contributed by atoms with Crippen molar-refractivity contribution in [3.8, 4) is 0 Å². The van der Waals surface area contributed by atoms with E-state index in [0.29, 0.717) is 35.1 Å². The minimum Gasteiger partial charge on any atom is -0.374 e. The normalized spacial score (nSPS) is 23.8. The summed E-state index contributed by atoms with van der Waals surface area (Å²) in [5.74, 6) is 0.155. The molecule has 4 rings (SSSR count). The zero-order valence-electron chi connectivity index (χ0n) is 11.4. The first kappa shape index (κ1) is 12.7. The summed E-state index contributed by atoms with van der Waals surface area (Å²) in [7, 11) is 0. The van der Waals surface area contributed by atoms with Crippen LogP contribution in [0.25, 0.3) is 0 Å². The lowest BCUT2D eigenvalue weighted by Gasteiger charge is -2.28. The summed E-state index contributed by atoms with van der Waals surface area (Å²) in [4.78, 5) is 19.1. The summed E-state index contributed by atoms with van der Waals surface area (Å²) >= 11 is 1.20. The third kappa shape index (κ3) is 1.63. The number of nitrogens with zero attached hydrogens (tertiary/aromatic N) is 3. The third-order valence-corrected chi connectivity index (χ3v) is 4.88. The van der Waals surface area contributed by atoms with Crippen LogP contribution in [0.3, 0.4) is 0 Å². The lowest BCUT2D eigenvalue weighted by molar-refractivity contribution is 0.0602. The van der Waals surface area contributed by atoms with Gasteiger partial charge in [-0.3, -0.25) is 4.79 Å². The topological polar surface area (TPSA) is 65.8 Å². The number of Topliss-reactive ketones (excluding diaryl/α,β-unsaturated/α-hetero) is 1. The number of anilines is 1. The molecule has 0 aliphatic carbocycles. The van der Waals surface area contributed by atoms with Crippen molar-refractivity contribution < 1.29 is 9.90 Å². The van der Waals surface area contributed by atoms with Gasteiger partial charge < -0.3 is 10.0 Å².